The molecule has 2 nitrogen and oxygen atoms in total. The third-order valence-corrected chi connectivity index (χ3v) is 2.99. The fourth-order valence-corrected chi connectivity index (χ4v) is 1.91. The van der Waals surface area contributed by atoms with Crippen LogP contribution in [0.4, 0.5) is 0 Å². The van der Waals surface area contributed by atoms with Crippen LogP contribution in [-0.2, 0) is 9.53 Å². The Kier molecular flexibility index (Phi) is 15.3. The average molecular weight is 241 g/mol. The second-order valence-corrected chi connectivity index (χ2v) is 4.69. The van der Waals surface area contributed by atoms with Crippen molar-refractivity contribution >= 4 is 6.29 Å². The SMILES string of the molecule is CCCCCCCCCCCCOCC[C]=O. The first-order chi connectivity index (χ1) is 8.41. The largest absolute Gasteiger partial charge is 0.381 e. The first-order valence-corrected chi connectivity index (χ1v) is 7.34. The summed E-state index contributed by atoms with van der Waals surface area (Å²) < 4.78 is 5.28. The Balaban J connectivity index is 2.87. The Labute approximate surface area is 107 Å². The third kappa shape index (κ3) is 15.6. The van der Waals surface area contributed by atoms with Crippen LogP contribution in [-0.4, -0.2) is 19.5 Å². The topological polar surface area (TPSA) is 26.3 Å². The summed E-state index contributed by atoms with van der Waals surface area (Å²) in [7, 11) is 0. The standard InChI is InChI=1S/C15H29O2/c1-2-3-4-5-6-7-8-9-10-11-14-17-15-12-13-16/h2-12,14-15H2,1H3. The normalized spacial score (nSPS) is 10.6. The van der Waals surface area contributed by atoms with Gasteiger partial charge in [-0.3, -0.25) is 4.79 Å². The maximum Gasteiger partial charge on any atom is 0.200 e. The molecule has 0 aromatic rings. The van der Waals surface area contributed by atoms with Crippen molar-refractivity contribution in [2.75, 3.05) is 13.2 Å². The van der Waals surface area contributed by atoms with Gasteiger partial charge in [0, 0.05) is 13.0 Å². The van der Waals surface area contributed by atoms with E-state index < -0.39 is 0 Å². The van der Waals surface area contributed by atoms with E-state index in [0.29, 0.717) is 13.0 Å². The van der Waals surface area contributed by atoms with Crippen LogP contribution >= 0.6 is 0 Å². The van der Waals surface area contributed by atoms with E-state index in [2.05, 4.69) is 6.92 Å². The van der Waals surface area contributed by atoms with Crippen LogP contribution in [0.25, 0.3) is 0 Å². The fraction of sp³-hybridized carbons (Fsp3) is 0.933. The quantitative estimate of drug-likeness (QED) is 0.421. The zero-order valence-electron chi connectivity index (χ0n) is 11.5. The highest BCUT2D eigenvalue weighted by atomic mass is 16.5. The molecule has 0 atom stereocenters. The molecule has 0 N–H and O–H groups in total. The van der Waals surface area contributed by atoms with Gasteiger partial charge in [0.15, 0.2) is 0 Å². The number of carbonyl (C=O) groups excluding carboxylic acids is 1. The number of hydrogen-bond acceptors (Lipinski definition) is 2. The number of hydrogen-bond donors (Lipinski definition) is 0. The predicted molar refractivity (Wildman–Crippen MR) is 73.0 cm³/mol. The van der Waals surface area contributed by atoms with Gasteiger partial charge in [0.25, 0.3) is 0 Å². The third-order valence-electron chi connectivity index (χ3n) is 2.99. The van der Waals surface area contributed by atoms with Gasteiger partial charge in [0.1, 0.15) is 0 Å². The van der Waals surface area contributed by atoms with Crippen LogP contribution in [0, 0.1) is 0 Å². The Morgan fingerprint density at radius 2 is 1.29 bits per heavy atom. The molecule has 0 aromatic carbocycles. The van der Waals surface area contributed by atoms with Gasteiger partial charge in [-0.25, -0.2) is 0 Å². The van der Waals surface area contributed by atoms with Crippen LogP contribution in [0.2, 0.25) is 0 Å². The van der Waals surface area contributed by atoms with Gasteiger partial charge < -0.3 is 4.74 Å². The van der Waals surface area contributed by atoms with Gasteiger partial charge in [0.2, 0.25) is 6.29 Å². The molecule has 0 aromatic heterocycles. The molecular formula is C15H29O2. The van der Waals surface area contributed by atoms with Crippen molar-refractivity contribution in [2.24, 2.45) is 0 Å². The van der Waals surface area contributed by atoms with E-state index in [1.165, 1.54) is 57.8 Å². The van der Waals surface area contributed by atoms with E-state index in [9.17, 15) is 4.79 Å². The summed E-state index contributed by atoms with van der Waals surface area (Å²) >= 11 is 0. The molecular weight excluding hydrogens is 212 g/mol. The highest BCUT2D eigenvalue weighted by molar-refractivity contribution is 5.50. The molecule has 0 spiro atoms. The minimum absolute atomic E-state index is 0.414. The van der Waals surface area contributed by atoms with Crippen LogP contribution < -0.4 is 0 Å². The van der Waals surface area contributed by atoms with Crippen molar-refractivity contribution in [3.63, 3.8) is 0 Å². The van der Waals surface area contributed by atoms with Crippen LogP contribution in [0.15, 0.2) is 0 Å². The summed E-state index contributed by atoms with van der Waals surface area (Å²) in [6.07, 6.45) is 15.7. The molecule has 0 aliphatic carbocycles. The summed E-state index contributed by atoms with van der Waals surface area (Å²) in [6, 6.07) is 0. The molecule has 0 saturated heterocycles. The van der Waals surface area contributed by atoms with Gasteiger partial charge in [-0.1, -0.05) is 64.7 Å². The number of ether oxygens (including phenoxy) is 1. The molecule has 0 heterocycles. The lowest BCUT2D eigenvalue weighted by atomic mass is 10.1. The van der Waals surface area contributed by atoms with Gasteiger partial charge >= 0.3 is 0 Å². The summed E-state index contributed by atoms with van der Waals surface area (Å²) in [6.45, 7) is 3.61. The molecule has 0 amide bonds. The Bertz CT molecular complexity index is 146. The second kappa shape index (κ2) is 15.6. The van der Waals surface area contributed by atoms with Gasteiger partial charge in [-0.05, 0) is 6.42 Å². The Morgan fingerprint density at radius 1 is 0.765 bits per heavy atom. The lowest BCUT2D eigenvalue weighted by Gasteiger charge is -2.03. The smallest absolute Gasteiger partial charge is 0.200 e. The zero-order chi connectivity index (χ0) is 12.6. The van der Waals surface area contributed by atoms with Crippen LogP contribution in [0.5, 0.6) is 0 Å². The zero-order valence-corrected chi connectivity index (χ0v) is 11.5. The maximum atomic E-state index is 9.90. The summed E-state index contributed by atoms with van der Waals surface area (Å²) in [5, 5.41) is 0. The summed E-state index contributed by atoms with van der Waals surface area (Å²) in [5.74, 6) is 0. The molecule has 0 saturated carbocycles. The van der Waals surface area contributed by atoms with Crippen molar-refractivity contribution in [1.29, 1.82) is 0 Å². The van der Waals surface area contributed by atoms with Crippen LogP contribution in [0.3, 0.4) is 0 Å². The molecule has 0 aliphatic heterocycles. The first-order valence-electron chi connectivity index (χ1n) is 7.34. The van der Waals surface area contributed by atoms with E-state index in [1.807, 2.05) is 6.29 Å². The van der Waals surface area contributed by atoms with Crippen LogP contribution in [0.1, 0.15) is 77.6 Å². The molecule has 0 bridgehead atoms. The molecule has 17 heavy (non-hydrogen) atoms. The van der Waals surface area contributed by atoms with E-state index in [4.69, 9.17) is 4.74 Å². The van der Waals surface area contributed by atoms with Crippen molar-refractivity contribution in [3.05, 3.63) is 0 Å². The molecule has 0 fully saturated rings. The lowest BCUT2D eigenvalue weighted by molar-refractivity contribution is 0.136. The van der Waals surface area contributed by atoms with Crippen molar-refractivity contribution in [2.45, 2.75) is 77.6 Å². The van der Waals surface area contributed by atoms with E-state index in [0.717, 1.165) is 13.0 Å². The van der Waals surface area contributed by atoms with Crippen molar-refractivity contribution in [1.82, 2.24) is 0 Å². The minimum Gasteiger partial charge on any atom is -0.381 e. The minimum atomic E-state index is 0.414. The van der Waals surface area contributed by atoms with Crippen molar-refractivity contribution < 1.29 is 9.53 Å². The molecule has 1 radical (unpaired) electrons. The summed E-state index contributed by atoms with van der Waals surface area (Å²) in [5.41, 5.74) is 0. The number of rotatable bonds is 14. The molecule has 101 valence electrons. The predicted octanol–water partition coefficient (Wildman–Crippen LogP) is 4.42. The van der Waals surface area contributed by atoms with Gasteiger partial charge in [-0.15, -0.1) is 0 Å². The first kappa shape index (κ1) is 16.6. The molecule has 0 aliphatic rings. The van der Waals surface area contributed by atoms with E-state index in [-0.39, 0.29) is 0 Å². The highest BCUT2D eigenvalue weighted by Gasteiger charge is 1.93. The van der Waals surface area contributed by atoms with Crippen molar-refractivity contribution in [3.8, 4) is 0 Å². The fourth-order valence-electron chi connectivity index (χ4n) is 1.91. The maximum absolute atomic E-state index is 9.90. The number of unbranched alkanes of at least 4 members (excludes halogenated alkanes) is 9. The Morgan fingerprint density at radius 3 is 1.82 bits per heavy atom. The van der Waals surface area contributed by atoms with Gasteiger partial charge in [0.05, 0.1) is 6.61 Å². The second-order valence-electron chi connectivity index (χ2n) is 4.69. The monoisotopic (exact) mass is 241 g/mol. The lowest BCUT2D eigenvalue weighted by Crippen LogP contribution is -1.97. The van der Waals surface area contributed by atoms with E-state index >= 15 is 0 Å². The Hall–Kier alpha value is -0.370. The van der Waals surface area contributed by atoms with E-state index in [1.54, 1.807) is 0 Å². The van der Waals surface area contributed by atoms with Gasteiger partial charge in [-0.2, -0.15) is 0 Å². The average Bonchev–Trinajstić information content (AvgIpc) is 2.35. The molecule has 2 heteroatoms. The summed E-state index contributed by atoms with van der Waals surface area (Å²) in [4.78, 5) is 9.90. The molecule has 0 rings (SSSR count). The highest BCUT2D eigenvalue weighted by Crippen LogP contribution is 2.10. The molecule has 0 unspecified atom stereocenters.